The molecule has 0 unspecified atom stereocenters. The van der Waals surface area contributed by atoms with Crippen LogP contribution >= 0.6 is 0 Å². The number of ether oxygens (including phenoxy) is 2. The number of hydrogen-bond acceptors (Lipinski definition) is 3. The van der Waals surface area contributed by atoms with Gasteiger partial charge >= 0.3 is 36.0 Å². The predicted molar refractivity (Wildman–Crippen MR) is 83.2 cm³/mol. The number of carbonyl (C=O) groups excluding carboxylic acids is 1. The molecule has 0 aliphatic heterocycles. The minimum atomic E-state index is -7.04. The summed E-state index contributed by atoms with van der Waals surface area (Å²) < 4.78 is 151. The van der Waals surface area contributed by atoms with Crippen LogP contribution in [-0.4, -0.2) is 43.1 Å². The molecule has 14 heteroatoms. The third-order valence-corrected chi connectivity index (χ3v) is 3.70. The van der Waals surface area contributed by atoms with Crippen molar-refractivity contribution in [2.24, 2.45) is 0 Å². The number of halogens is 11. The van der Waals surface area contributed by atoms with E-state index in [1.807, 2.05) is 0 Å². The van der Waals surface area contributed by atoms with Gasteiger partial charge in [0.25, 0.3) is 0 Å². The van der Waals surface area contributed by atoms with Crippen LogP contribution < -0.4 is 4.74 Å². The topological polar surface area (TPSA) is 35.5 Å². The number of carbonyl (C=O) groups is 1. The Morgan fingerprint density at radius 3 is 1.81 bits per heavy atom. The molecule has 0 fully saturated rings. The van der Waals surface area contributed by atoms with Crippen molar-refractivity contribution in [2.75, 3.05) is 7.11 Å². The van der Waals surface area contributed by atoms with E-state index in [0.717, 1.165) is 6.08 Å². The number of hydrogen-bond donors (Lipinski definition) is 0. The molecule has 3 nitrogen and oxygen atoms in total. The molecule has 0 aliphatic rings. The lowest BCUT2D eigenvalue weighted by Gasteiger charge is -2.35. The third-order valence-electron chi connectivity index (χ3n) is 3.70. The van der Waals surface area contributed by atoms with Crippen LogP contribution in [0.4, 0.5) is 48.3 Å². The molecule has 0 saturated carbocycles. The van der Waals surface area contributed by atoms with E-state index in [0.29, 0.717) is 5.75 Å². The average Bonchev–Trinajstić information content (AvgIpc) is 2.64. The molecule has 1 rings (SSSR count). The Hall–Kier alpha value is -2.54. The summed E-state index contributed by atoms with van der Waals surface area (Å²) in [6, 6.07) is 5.23. The summed E-state index contributed by atoms with van der Waals surface area (Å²) in [5, 5.41) is 0. The zero-order valence-corrected chi connectivity index (χ0v) is 15.3. The van der Waals surface area contributed by atoms with Gasteiger partial charge in [-0.1, -0.05) is 12.1 Å². The van der Waals surface area contributed by atoms with Gasteiger partial charge in [0.15, 0.2) is 0 Å². The van der Waals surface area contributed by atoms with Crippen LogP contribution in [0.2, 0.25) is 0 Å². The van der Waals surface area contributed by atoms with Crippen molar-refractivity contribution in [1.29, 1.82) is 0 Å². The highest BCUT2D eigenvalue weighted by atomic mass is 19.4. The summed E-state index contributed by atoms with van der Waals surface area (Å²) in [6.07, 6.45) is -16.6. The van der Waals surface area contributed by atoms with Crippen LogP contribution in [0.25, 0.3) is 6.08 Å². The second-order valence-corrected chi connectivity index (χ2v) is 6.01. The predicted octanol–water partition coefficient (Wildman–Crippen LogP) is 6.09. The molecule has 0 N–H and O–H groups in total. The monoisotopic (exact) mass is 474 g/mol. The number of benzene rings is 1. The van der Waals surface area contributed by atoms with Gasteiger partial charge in [0.2, 0.25) is 0 Å². The van der Waals surface area contributed by atoms with Crippen molar-refractivity contribution in [3.05, 3.63) is 35.9 Å². The SMILES string of the molecule is COc1ccc(C=CC(=O)OC(F)(F)C(F)(F)C(F)(F)C(F)(F)CCC(F)(F)F)cc1. The number of rotatable bonds is 9. The Bertz CT molecular complexity index is 784. The standard InChI is InChI=1S/C17H13F11O3/c1-30-11-5-2-10(3-6-11)4-7-12(29)31-17(27,28)16(25,26)15(23,24)13(18,19)8-9-14(20,21)22/h2-7H,8-9H2,1H3. The van der Waals surface area contributed by atoms with E-state index in [4.69, 9.17) is 4.74 Å². The molecule has 1 aromatic carbocycles. The zero-order chi connectivity index (χ0) is 24.3. The van der Waals surface area contributed by atoms with Gasteiger partial charge in [-0.25, -0.2) is 4.79 Å². The minimum Gasteiger partial charge on any atom is -0.497 e. The lowest BCUT2D eigenvalue weighted by Crippen LogP contribution is -2.63. The van der Waals surface area contributed by atoms with E-state index in [1.54, 1.807) is 0 Å². The maximum atomic E-state index is 13.5. The summed E-state index contributed by atoms with van der Waals surface area (Å²) in [7, 11) is 1.31. The summed E-state index contributed by atoms with van der Waals surface area (Å²) in [4.78, 5) is 11.3. The van der Waals surface area contributed by atoms with Crippen LogP contribution in [0.1, 0.15) is 18.4 Å². The first-order valence-electron chi connectivity index (χ1n) is 7.99. The molecule has 31 heavy (non-hydrogen) atoms. The summed E-state index contributed by atoms with van der Waals surface area (Å²) in [6.45, 7) is 0. The van der Waals surface area contributed by atoms with Gasteiger partial charge in [0.05, 0.1) is 7.11 Å². The quantitative estimate of drug-likeness (QED) is 0.247. The molecule has 0 radical (unpaired) electrons. The Kier molecular flexibility index (Phi) is 7.61. The van der Waals surface area contributed by atoms with Gasteiger partial charge in [0.1, 0.15) is 5.75 Å². The van der Waals surface area contributed by atoms with E-state index < -0.39 is 48.9 Å². The van der Waals surface area contributed by atoms with Crippen molar-refractivity contribution in [3.63, 3.8) is 0 Å². The number of esters is 1. The average molecular weight is 474 g/mol. The second kappa shape index (κ2) is 8.91. The van der Waals surface area contributed by atoms with Gasteiger partial charge in [-0.2, -0.15) is 48.3 Å². The maximum Gasteiger partial charge on any atom is 0.473 e. The van der Waals surface area contributed by atoms with Crippen molar-refractivity contribution in [3.8, 4) is 5.75 Å². The first-order chi connectivity index (χ1) is 13.9. The van der Waals surface area contributed by atoms with Crippen molar-refractivity contribution in [1.82, 2.24) is 0 Å². The molecule has 0 aliphatic carbocycles. The highest BCUT2D eigenvalue weighted by Gasteiger charge is 2.82. The fraction of sp³-hybridized carbons (Fsp3) is 0.471. The normalized spacial score (nSPS) is 14.1. The molecule has 0 aromatic heterocycles. The lowest BCUT2D eigenvalue weighted by atomic mass is 9.99. The van der Waals surface area contributed by atoms with Crippen LogP contribution in [-0.2, 0) is 9.53 Å². The molecule has 1 aromatic rings. The molecule has 0 atom stereocenters. The second-order valence-electron chi connectivity index (χ2n) is 6.01. The van der Waals surface area contributed by atoms with Gasteiger partial charge in [0, 0.05) is 18.9 Å². The van der Waals surface area contributed by atoms with Gasteiger partial charge in [-0.05, 0) is 23.8 Å². The maximum absolute atomic E-state index is 13.5. The Labute approximate surface area is 167 Å². The molecular formula is C17H13F11O3. The minimum absolute atomic E-state index is 0.117. The lowest BCUT2D eigenvalue weighted by molar-refractivity contribution is -0.417. The van der Waals surface area contributed by atoms with Crippen molar-refractivity contribution < 1.29 is 62.6 Å². The first-order valence-corrected chi connectivity index (χ1v) is 7.99. The summed E-state index contributed by atoms with van der Waals surface area (Å²) in [5.41, 5.74) is 0.122. The smallest absolute Gasteiger partial charge is 0.473 e. The van der Waals surface area contributed by atoms with Crippen molar-refractivity contribution in [2.45, 2.75) is 42.9 Å². The van der Waals surface area contributed by atoms with Gasteiger partial charge < -0.3 is 9.47 Å². The fourth-order valence-electron chi connectivity index (χ4n) is 1.97. The van der Waals surface area contributed by atoms with Crippen LogP contribution in [0.15, 0.2) is 30.3 Å². The molecule has 176 valence electrons. The Morgan fingerprint density at radius 2 is 1.35 bits per heavy atom. The highest BCUT2D eigenvalue weighted by Crippen LogP contribution is 2.54. The number of methoxy groups -OCH3 is 1. The van der Waals surface area contributed by atoms with Crippen LogP contribution in [0, 0.1) is 0 Å². The van der Waals surface area contributed by atoms with Crippen molar-refractivity contribution >= 4 is 12.0 Å². The summed E-state index contributed by atoms with van der Waals surface area (Å²) in [5.74, 6) is -22.2. The molecule has 0 saturated heterocycles. The van der Waals surface area contributed by atoms with Crippen LogP contribution in [0.5, 0.6) is 5.75 Å². The molecule has 0 spiro atoms. The van der Waals surface area contributed by atoms with E-state index >= 15 is 0 Å². The van der Waals surface area contributed by atoms with E-state index in [1.165, 1.54) is 31.4 Å². The summed E-state index contributed by atoms with van der Waals surface area (Å²) >= 11 is 0. The van der Waals surface area contributed by atoms with Gasteiger partial charge in [-0.15, -0.1) is 0 Å². The fourth-order valence-corrected chi connectivity index (χ4v) is 1.97. The molecular weight excluding hydrogens is 461 g/mol. The zero-order valence-electron chi connectivity index (χ0n) is 15.3. The van der Waals surface area contributed by atoms with E-state index in [2.05, 4.69) is 4.74 Å². The largest absolute Gasteiger partial charge is 0.497 e. The molecule has 0 heterocycles. The number of alkyl halides is 11. The van der Waals surface area contributed by atoms with E-state index in [9.17, 15) is 53.1 Å². The molecule has 0 bridgehead atoms. The van der Waals surface area contributed by atoms with Crippen LogP contribution in [0.3, 0.4) is 0 Å². The third kappa shape index (κ3) is 6.23. The highest BCUT2D eigenvalue weighted by molar-refractivity contribution is 5.87. The Morgan fingerprint density at radius 1 is 0.839 bits per heavy atom. The van der Waals surface area contributed by atoms with E-state index in [-0.39, 0.29) is 11.6 Å². The Balaban J connectivity index is 2.99. The first kappa shape index (κ1) is 26.5. The molecule has 0 amide bonds. The van der Waals surface area contributed by atoms with Gasteiger partial charge in [-0.3, -0.25) is 0 Å².